The monoisotopic (exact) mass is 302 g/mol. The minimum Gasteiger partial charge on any atom is -0.426 e. The van der Waals surface area contributed by atoms with Gasteiger partial charge in [-0.1, -0.05) is 17.7 Å². The molecule has 0 saturated heterocycles. The zero-order chi connectivity index (χ0) is 16.2. The van der Waals surface area contributed by atoms with Crippen LogP contribution in [0.4, 0.5) is 0 Å². The predicted octanol–water partition coefficient (Wildman–Crippen LogP) is 2.39. The maximum atomic E-state index is 11.1. The summed E-state index contributed by atoms with van der Waals surface area (Å²) < 4.78 is 22.3. The fraction of sp³-hybridized carbons (Fsp3) is 0.308. The highest BCUT2D eigenvalue weighted by molar-refractivity contribution is 6.31. The van der Waals surface area contributed by atoms with Gasteiger partial charge < -0.3 is 14.2 Å². The van der Waals surface area contributed by atoms with Crippen molar-refractivity contribution in [2.24, 2.45) is 0 Å². The molecule has 0 bridgehead atoms. The maximum Gasteiger partial charge on any atom is 0.308 e. The van der Waals surface area contributed by atoms with E-state index in [4.69, 9.17) is 27.2 Å². The van der Waals surface area contributed by atoms with Crippen LogP contribution in [0.5, 0.6) is 5.75 Å². The van der Waals surface area contributed by atoms with Gasteiger partial charge in [-0.3, -0.25) is 14.4 Å². The molecule has 0 atom stereocenters. The van der Waals surface area contributed by atoms with Gasteiger partial charge in [0, 0.05) is 20.8 Å². The van der Waals surface area contributed by atoms with Gasteiger partial charge in [-0.05, 0) is 12.1 Å². The zero-order valence-corrected chi connectivity index (χ0v) is 11.8. The number of benzene rings is 1. The average Bonchev–Trinajstić information content (AvgIpc) is 2.31. The van der Waals surface area contributed by atoms with Gasteiger partial charge in [-0.2, -0.15) is 0 Å². The van der Waals surface area contributed by atoms with Gasteiger partial charge in [0.2, 0.25) is 0 Å². The first-order valence-electron chi connectivity index (χ1n) is 6.04. The molecule has 108 valence electrons. The lowest BCUT2D eigenvalue weighted by atomic mass is 10.2. The van der Waals surface area contributed by atoms with Crippen LogP contribution in [0.25, 0.3) is 0 Å². The molecular weight excluding hydrogens is 288 g/mol. The lowest BCUT2D eigenvalue weighted by molar-refractivity contribution is -0.186. The van der Waals surface area contributed by atoms with E-state index in [9.17, 15) is 14.4 Å². The average molecular weight is 303 g/mol. The molecule has 0 aromatic heterocycles. The fourth-order valence-electron chi connectivity index (χ4n) is 1.37. The molecule has 0 aliphatic heterocycles. The first kappa shape index (κ1) is 14.3. The van der Waals surface area contributed by atoms with E-state index in [0.29, 0.717) is 0 Å². The number of hydrogen-bond donors (Lipinski definition) is 0. The number of hydrogen-bond acceptors (Lipinski definition) is 6. The van der Waals surface area contributed by atoms with Crippen molar-refractivity contribution < 1.29 is 30.0 Å². The van der Waals surface area contributed by atoms with Crippen molar-refractivity contribution in [2.45, 2.75) is 27.1 Å². The van der Waals surface area contributed by atoms with Crippen LogP contribution in [0.1, 0.15) is 34.0 Å². The van der Waals surface area contributed by atoms with Crippen LogP contribution in [0.3, 0.4) is 0 Å². The van der Waals surface area contributed by atoms with Crippen LogP contribution < -0.4 is 4.74 Å². The van der Waals surface area contributed by atoms with E-state index in [0.717, 1.165) is 13.8 Å². The largest absolute Gasteiger partial charge is 0.426 e. The van der Waals surface area contributed by atoms with Crippen molar-refractivity contribution in [1.82, 2.24) is 0 Å². The Morgan fingerprint density at radius 2 is 1.70 bits per heavy atom. The summed E-state index contributed by atoms with van der Waals surface area (Å²) in [5.41, 5.74) is -0.0789. The standard InChI is InChI=1S/C13H13ClO6/c1-7(15)18-11-6-4-5-10(14)12(11)13(19-8(2)16)20-9(3)17/h4-6,13H,1-3H3/i5T. The van der Waals surface area contributed by atoms with Crippen molar-refractivity contribution in [3.05, 3.63) is 28.8 Å². The molecular formula is C13H13ClO6. The number of carbonyl (C=O) groups is 3. The molecule has 0 unspecified atom stereocenters. The molecule has 1 aromatic rings. The van der Waals surface area contributed by atoms with Crippen LogP contribution >= 0.6 is 11.6 Å². The third-order valence-electron chi connectivity index (χ3n) is 1.98. The Balaban J connectivity index is 3.37. The van der Waals surface area contributed by atoms with Crippen molar-refractivity contribution in [3.63, 3.8) is 0 Å². The SMILES string of the molecule is [3H]c1ccc(OC(C)=O)c(C(OC(C)=O)OC(C)=O)c1Cl. The summed E-state index contributed by atoms with van der Waals surface area (Å²) in [4.78, 5) is 33.4. The summed E-state index contributed by atoms with van der Waals surface area (Å²) in [5.74, 6) is -2.17. The highest BCUT2D eigenvalue weighted by atomic mass is 35.5. The van der Waals surface area contributed by atoms with Gasteiger partial charge in [0.15, 0.2) is 0 Å². The summed E-state index contributed by atoms with van der Waals surface area (Å²) >= 11 is 5.98. The molecule has 1 rings (SSSR count). The molecule has 6 nitrogen and oxygen atoms in total. The summed E-state index contributed by atoms with van der Waals surface area (Å²) in [5, 5.41) is -0.152. The third kappa shape index (κ3) is 4.55. The van der Waals surface area contributed by atoms with Crippen molar-refractivity contribution in [3.8, 4) is 5.75 Å². The van der Waals surface area contributed by atoms with Gasteiger partial charge >= 0.3 is 17.9 Å². The molecule has 0 radical (unpaired) electrons. The van der Waals surface area contributed by atoms with Crippen LogP contribution in [0.15, 0.2) is 18.2 Å². The molecule has 0 amide bonds. The Kier molecular flexibility index (Phi) is 4.95. The summed E-state index contributed by atoms with van der Waals surface area (Å²) in [7, 11) is 0. The number of rotatable bonds is 4. The molecule has 0 spiro atoms. The maximum absolute atomic E-state index is 11.1. The van der Waals surface area contributed by atoms with Gasteiger partial charge in [0.25, 0.3) is 6.29 Å². The van der Waals surface area contributed by atoms with E-state index in [1.165, 1.54) is 19.1 Å². The topological polar surface area (TPSA) is 78.9 Å². The van der Waals surface area contributed by atoms with E-state index in [1.807, 2.05) is 0 Å². The Hall–Kier alpha value is -2.08. The number of ether oxygens (including phenoxy) is 3. The minimum absolute atomic E-state index is 0.0593. The van der Waals surface area contributed by atoms with Crippen LogP contribution in [-0.2, 0) is 23.9 Å². The normalized spacial score (nSPS) is 10.8. The van der Waals surface area contributed by atoms with Crippen molar-refractivity contribution in [2.75, 3.05) is 0 Å². The second-order valence-corrected chi connectivity index (χ2v) is 4.09. The fourth-order valence-corrected chi connectivity index (χ4v) is 1.62. The molecule has 0 saturated carbocycles. The Morgan fingerprint density at radius 1 is 1.15 bits per heavy atom. The van der Waals surface area contributed by atoms with E-state index in [-0.39, 0.29) is 22.4 Å². The van der Waals surface area contributed by atoms with Gasteiger partial charge in [0.05, 0.1) is 12.0 Å². The van der Waals surface area contributed by atoms with Crippen LogP contribution in [0.2, 0.25) is 5.02 Å². The smallest absolute Gasteiger partial charge is 0.308 e. The van der Waals surface area contributed by atoms with E-state index < -0.39 is 24.2 Å². The summed E-state index contributed by atoms with van der Waals surface area (Å²) in [6.45, 7) is 3.39. The zero-order valence-electron chi connectivity index (χ0n) is 12.1. The van der Waals surface area contributed by atoms with E-state index >= 15 is 0 Å². The van der Waals surface area contributed by atoms with Gasteiger partial charge in [-0.15, -0.1) is 0 Å². The number of esters is 3. The molecule has 0 fully saturated rings. The molecule has 0 aliphatic carbocycles. The van der Waals surface area contributed by atoms with Gasteiger partial charge in [0.1, 0.15) is 5.75 Å². The molecule has 0 heterocycles. The highest BCUT2D eigenvalue weighted by Gasteiger charge is 2.26. The molecule has 20 heavy (non-hydrogen) atoms. The first-order chi connectivity index (χ1) is 9.72. The van der Waals surface area contributed by atoms with Crippen LogP contribution in [0, 0.1) is 0 Å². The first-order valence-corrected chi connectivity index (χ1v) is 5.92. The number of halogens is 1. The molecule has 0 N–H and O–H groups in total. The van der Waals surface area contributed by atoms with E-state index in [1.54, 1.807) is 0 Å². The third-order valence-corrected chi connectivity index (χ3v) is 2.29. The van der Waals surface area contributed by atoms with Crippen molar-refractivity contribution in [1.29, 1.82) is 0 Å². The Morgan fingerprint density at radius 3 is 2.15 bits per heavy atom. The lowest BCUT2D eigenvalue weighted by Gasteiger charge is -2.20. The highest BCUT2D eigenvalue weighted by Crippen LogP contribution is 2.35. The number of carbonyl (C=O) groups excluding carboxylic acids is 3. The van der Waals surface area contributed by atoms with Crippen molar-refractivity contribution >= 4 is 29.5 Å². The lowest BCUT2D eigenvalue weighted by Crippen LogP contribution is -2.17. The molecule has 1 aromatic carbocycles. The minimum atomic E-state index is -1.51. The Labute approximate surface area is 122 Å². The molecule has 0 aliphatic rings. The van der Waals surface area contributed by atoms with Crippen LogP contribution in [-0.4, -0.2) is 17.9 Å². The predicted molar refractivity (Wildman–Crippen MR) is 69.0 cm³/mol. The van der Waals surface area contributed by atoms with Gasteiger partial charge in [-0.25, -0.2) is 0 Å². The summed E-state index contributed by atoms with van der Waals surface area (Å²) in [6, 6.07) is 2.49. The second-order valence-electron chi connectivity index (χ2n) is 3.71. The van der Waals surface area contributed by atoms with E-state index in [2.05, 4.69) is 0 Å². The Bertz CT molecular complexity index is 570. The quantitative estimate of drug-likeness (QED) is 0.483. The molecule has 7 heteroatoms. The summed E-state index contributed by atoms with van der Waals surface area (Å²) in [6.07, 6.45) is -1.51. The second kappa shape index (κ2) is 6.91.